The summed E-state index contributed by atoms with van der Waals surface area (Å²) in [6.45, 7) is 5.67. The molecule has 0 aliphatic rings. The van der Waals surface area contributed by atoms with Gasteiger partial charge < -0.3 is 4.43 Å². The van der Waals surface area contributed by atoms with E-state index in [4.69, 9.17) is 15.1 Å². The zero-order valence-corrected chi connectivity index (χ0v) is 11.7. The van der Waals surface area contributed by atoms with E-state index in [9.17, 15) is 12.8 Å². The van der Waals surface area contributed by atoms with Crippen LogP contribution >= 0.6 is 10.7 Å². The summed E-state index contributed by atoms with van der Waals surface area (Å²) in [7, 11) is -0.765. The first-order valence-electron chi connectivity index (χ1n) is 4.53. The summed E-state index contributed by atoms with van der Waals surface area (Å²) in [4.78, 5) is -0.323. The maximum absolute atomic E-state index is 12.9. The zero-order valence-electron chi connectivity index (χ0n) is 9.12. The normalized spacial score (nSPS) is 12.6. The van der Waals surface area contributed by atoms with E-state index in [2.05, 4.69) is 0 Å². The maximum Gasteiger partial charge on any atom is 0.265 e. The van der Waals surface area contributed by atoms with E-state index < -0.39 is 23.2 Å². The third-order valence-corrected chi connectivity index (χ3v) is 3.76. The third kappa shape index (κ3) is 3.77. The number of benzene rings is 1. The maximum atomic E-state index is 12.9. The van der Waals surface area contributed by atoms with Crippen molar-refractivity contribution in [3.05, 3.63) is 24.0 Å². The van der Waals surface area contributed by atoms with Gasteiger partial charge >= 0.3 is 0 Å². The predicted molar refractivity (Wildman–Crippen MR) is 63.4 cm³/mol. The van der Waals surface area contributed by atoms with Crippen molar-refractivity contribution in [2.75, 3.05) is 0 Å². The van der Waals surface area contributed by atoms with Gasteiger partial charge in [0.2, 0.25) is 8.32 Å². The van der Waals surface area contributed by atoms with Gasteiger partial charge in [-0.25, -0.2) is 12.8 Å². The lowest BCUT2D eigenvalue weighted by atomic mass is 10.3. The molecule has 0 aromatic heterocycles. The summed E-state index contributed by atoms with van der Waals surface area (Å²) in [5.41, 5.74) is 0. The minimum Gasteiger partial charge on any atom is -0.543 e. The molecule has 0 heterocycles. The molecule has 0 spiro atoms. The van der Waals surface area contributed by atoms with Gasteiger partial charge in [-0.3, -0.25) is 0 Å². The Bertz CT molecular complexity index is 496. The van der Waals surface area contributed by atoms with E-state index in [-0.39, 0.29) is 10.6 Å². The molecule has 1 rings (SSSR count). The molecule has 0 atom stereocenters. The van der Waals surface area contributed by atoms with Gasteiger partial charge in [-0.05, 0) is 37.8 Å². The summed E-state index contributed by atoms with van der Waals surface area (Å²) in [5, 5.41) is 0. The van der Waals surface area contributed by atoms with Crippen LogP contribution in [-0.4, -0.2) is 16.7 Å². The Hall–Kier alpha value is -0.593. The molecule has 0 saturated heterocycles. The van der Waals surface area contributed by atoms with Crippen molar-refractivity contribution in [3.8, 4) is 5.75 Å². The fourth-order valence-electron chi connectivity index (χ4n) is 1.09. The number of halogens is 2. The molecule has 1 aromatic carbocycles. The van der Waals surface area contributed by atoms with Gasteiger partial charge in [0, 0.05) is 10.7 Å². The largest absolute Gasteiger partial charge is 0.543 e. The van der Waals surface area contributed by atoms with E-state index in [0.29, 0.717) is 0 Å². The average molecular weight is 283 g/mol. The second kappa shape index (κ2) is 4.35. The summed E-state index contributed by atoms with van der Waals surface area (Å²) < 4.78 is 40.9. The highest BCUT2D eigenvalue weighted by molar-refractivity contribution is 8.13. The summed E-state index contributed by atoms with van der Waals surface area (Å²) in [6.07, 6.45) is 0. The standard InChI is InChI=1S/C9H12ClFO3SSi/c1-16(2,3)14-8-5-4-7(11)6-9(8)15(10,12)13/h4-6H,1-3H3. The van der Waals surface area contributed by atoms with Gasteiger partial charge in [-0.15, -0.1) is 0 Å². The van der Waals surface area contributed by atoms with Crippen LogP contribution in [0, 0.1) is 5.82 Å². The Kier molecular flexibility index (Phi) is 3.66. The highest BCUT2D eigenvalue weighted by Gasteiger charge is 2.23. The molecule has 1 aromatic rings. The van der Waals surface area contributed by atoms with Gasteiger partial charge in [-0.2, -0.15) is 0 Å². The molecule has 3 nitrogen and oxygen atoms in total. The van der Waals surface area contributed by atoms with Crippen molar-refractivity contribution in [2.45, 2.75) is 24.5 Å². The Morgan fingerprint density at radius 3 is 2.31 bits per heavy atom. The average Bonchev–Trinajstić information content (AvgIpc) is 2.04. The lowest BCUT2D eigenvalue weighted by Crippen LogP contribution is -2.29. The van der Waals surface area contributed by atoms with Crippen molar-refractivity contribution in [2.24, 2.45) is 0 Å². The smallest absolute Gasteiger partial charge is 0.265 e. The van der Waals surface area contributed by atoms with E-state index in [0.717, 1.165) is 12.1 Å². The molecule has 0 aliphatic heterocycles. The van der Waals surface area contributed by atoms with Crippen LogP contribution in [0.2, 0.25) is 19.6 Å². The van der Waals surface area contributed by atoms with Gasteiger partial charge in [-0.1, -0.05) is 0 Å². The van der Waals surface area contributed by atoms with Crippen LogP contribution < -0.4 is 4.43 Å². The molecule has 0 fully saturated rings. The molecule has 0 bridgehead atoms. The summed E-state index contributed by atoms with van der Waals surface area (Å²) >= 11 is 0. The molecule has 7 heteroatoms. The topological polar surface area (TPSA) is 43.4 Å². The van der Waals surface area contributed by atoms with E-state index in [1.165, 1.54) is 6.07 Å². The second-order valence-electron chi connectivity index (χ2n) is 4.24. The highest BCUT2D eigenvalue weighted by atomic mass is 35.7. The number of rotatable bonds is 3. The highest BCUT2D eigenvalue weighted by Crippen LogP contribution is 2.29. The quantitative estimate of drug-likeness (QED) is 0.632. The Morgan fingerprint density at radius 2 is 1.88 bits per heavy atom. The first kappa shape index (κ1) is 13.5. The van der Waals surface area contributed by atoms with Crippen molar-refractivity contribution in [3.63, 3.8) is 0 Å². The van der Waals surface area contributed by atoms with Crippen molar-refractivity contribution < 1.29 is 17.2 Å². The van der Waals surface area contributed by atoms with Gasteiger partial charge in [0.15, 0.2) is 0 Å². The Labute approximate surface area is 99.7 Å². The number of hydrogen-bond donors (Lipinski definition) is 0. The first-order chi connectivity index (χ1) is 7.09. The van der Waals surface area contributed by atoms with Crippen LogP contribution in [-0.2, 0) is 9.05 Å². The second-order valence-corrected chi connectivity index (χ2v) is 11.2. The van der Waals surface area contributed by atoms with Crippen molar-refractivity contribution in [1.29, 1.82) is 0 Å². The molecule has 0 radical (unpaired) electrons. The van der Waals surface area contributed by atoms with Crippen LogP contribution in [0.15, 0.2) is 23.1 Å². The fourth-order valence-corrected chi connectivity index (χ4v) is 2.96. The fraction of sp³-hybridized carbons (Fsp3) is 0.333. The van der Waals surface area contributed by atoms with E-state index >= 15 is 0 Å². The van der Waals surface area contributed by atoms with Crippen LogP contribution in [0.5, 0.6) is 5.75 Å². The van der Waals surface area contributed by atoms with Crippen molar-refractivity contribution in [1.82, 2.24) is 0 Å². The van der Waals surface area contributed by atoms with Crippen LogP contribution in [0.25, 0.3) is 0 Å². The van der Waals surface area contributed by atoms with Crippen LogP contribution in [0.4, 0.5) is 4.39 Å². The molecule has 16 heavy (non-hydrogen) atoms. The molecule has 0 amide bonds. The predicted octanol–water partition coefficient (Wildman–Crippen LogP) is 2.97. The summed E-state index contributed by atoms with van der Waals surface area (Å²) in [6, 6.07) is 3.28. The Morgan fingerprint density at radius 1 is 1.31 bits per heavy atom. The van der Waals surface area contributed by atoms with E-state index in [1.807, 2.05) is 19.6 Å². The van der Waals surface area contributed by atoms with Crippen LogP contribution in [0.3, 0.4) is 0 Å². The molecule has 0 aliphatic carbocycles. The molecule has 0 N–H and O–H groups in total. The molecule has 0 unspecified atom stereocenters. The SMILES string of the molecule is C[Si](C)(C)Oc1ccc(F)cc1S(=O)(=O)Cl. The minimum atomic E-state index is -4.00. The lowest BCUT2D eigenvalue weighted by Gasteiger charge is -2.20. The monoisotopic (exact) mass is 282 g/mol. The molecule has 0 saturated carbocycles. The third-order valence-electron chi connectivity index (χ3n) is 1.58. The molecule has 90 valence electrons. The van der Waals surface area contributed by atoms with Crippen LogP contribution in [0.1, 0.15) is 0 Å². The van der Waals surface area contributed by atoms with Gasteiger partial charge in [0.05, 0.1) is 0 Å². The van der Waals surface area contributed by atoms with Crippen molar-refractivity contribution >= 4 is 28.1 Å². The molecular formula is C9H12ClFO3SSi. The zero-order chi connectivity index (χ0) is 12.6. The lowest BCUT2D eigenvalue weighted by molar-refractivity contribution is 0.530. The summed E-state index contributed by atoms with van der Waals surface area (Å²) in [5.74, 6) is -0.558. The molecular weight excluding hydrogens is 271 g/mol. The van der Waals surface area contributed by atoms with E-state index in [1.54, 1.807) is 0 Å². The van der Waals surface area contributed by atoms with Gasteiger partial charge in [0.1, 0.15) is 16.5 Å². The Balaban J connectivity index is 3.30. The number of hydrogen-bond acceptors (Lipinski definition) is 3. The van der Waals surface area contributed by atoms with Gasteiger partial charge in [0.25, 0.3) is 9.05 Å². The minimum absolute atomic E-state index is 0.107. The first-order valence-corrected chi connectivity index (χ1v) is 10.2.